The van der Waals surface area contributed by atoms with Gasteiger partial charge in [-0.2, -0.15) is 11.3 Å². The Kier molecular flexibility index (Phi) is 8.49. The van der Waals surface area contributed by atoms with E-state index in [1.807, 2.05) is 18.2 Å². The number of thiophene rings is 1. The molecule has 136 valence electrons. The van der Waals surface area contributed by atoms with Crippen LogP contribution in [0.4, 0.5) is 4.79 Å². The SMILES string of the molecule is CCN(CC)C(CNC(=O)NCCCc1ccccc1)c1ccsc1. The Morgan fingerprint density at radius 1 is 1.12 bits per heavy atom. The highest BCUT2D eigenvalue weighted by Gasteiger charge is 2.19. The summed E-state index contributed by atoms with van der Waals surface area (Å²) in [6.45, 7) is 7.58. The summed E-state index contributed by atoms with van der Waals surface area (Å²) < 4.78 is 0. The van der Waals surface area contributed by atoms with Crippen molar-refractivity contribution in [1.29, 1.82) is 0 Å². The molecule has 1 heterocycles. The molecule has 0 bridgehead atoms. The fourth-order valence-corrected chi connectivity index (χ4v) is 3.68. The first-order valence-electron chi connectivity index (χ1n) is 9.06. The van der Waals surface area contributed by atoms with E-state index in [0.717, 1.165) is 25.9 Å². The Balaban J connectivity index is 1.73. The zero-order valence-electron chi connectivity index (χ0n) is 15.2. The minimum absolute atomic E-state index is 0.0829. The van der Waals surface area contributed by atoms with Gasteiger partial charge in [0.15, 0.2) is 0 Å². The molecular weight excluding hydrogens is 330 g/mol. The second-order valence-corrected chi connectivity index (χ2v) is 6.80. The van der Waals surface area contributed by atoms with Crippen molar-refractivity contribution >= 4 is 17.4 Å². The van der Waals surface area contributed by atoms with Crippen LogP contribution in [0.3, 0.4) is 0 Å². The third-order valence-electron chi connectivity index (χ3n) is 4.41. The number of nitrogens with zero attached hydrogens (tertiary/aromatic N) is 1. The number of likely N-dealkylation sites (N-methyl/N-ethyl adjacent to an activating group) is 1. The topological polar surface area (TPSA) is 44.4 Å². The lowest BCUT2D eigenvalue weighted by Gasteiger charge is -2.29. The predicted molar refractivity (Wildman–Crippen MR) is 106 cm³/mol. The average molecular weight is 360 g/mol. The summed E-state index contributed by atoms with van der Waals surface area (Å²) in [6.07, 6.45) is 1.93. The van der Waals surface area contributed by atoms with Crippen molar-refractivity contribution in [3.63, 3.8) is 0 Å². The van der Waals surface area contributed by atoms with Gasteiger partial charge in [-0.05, 0) is 53.9 Å². The van der Waals surface area contributed by atoms with Crippen LogP contribution in [-0.4, -0.2) is 37.1 Å². The van der Waals surface area contributed by atoms with Crippen molar-refractivity contribution in [2.45, 2.75) is 32.7 Å². The molecule has 1 unspecified atom stereocenters. The Hall–Kier alpha value is -1.85. The molecule has 5 heteroatoms. The first-order valence-corrected chi connectivity index (χ1v) is 10.0. The van der Waals surface area contributed by atoms with Gasteiger partial charge in [-0.1, -0.05) is 44.2 Å². The molecule has 2 aromatic rings. The highest BCUT2D eigenvalue weighted by molar-refractivity contribution is 7.07. The molecule has 1 aromatic carbocycles. The minimum atomic E-state index is -0.0829. The van der Waals surface area contributed by atoms with Gasteiger partial charge in [-0.25, -0.2) is 4.79 Å². The van der Waals surface area contributed by atoms with Crippen molar-refractivity contribution < 1.29 is 4.79 Å². The summed E-state index contributed by atoms with van der Waals surface area (Å²) in [6, 6.07) is 12.7. The van der Waals surface area contributed by atoms with Crippen molar-refractivity contribution in [2.24, 2.45) is 0 Å². The highest BCUT2D eigenvalue weighted by atomic mass is 32.1. The van der Waals surface area contributed by atoms with Gasteiger partial charge in [-0.3, -0.25) is 4.90 Å². The normalized spacial score (nSPS) is 12.1. The molecule has 0 fully saturated rings. The van der Waals surface area contributed by atoms with Crippen LogP contribution in [-0.2, 0) is 6.42 Å². The quantitative estimate of drug-likeness (QED) is 0.628. The number of amides is 2. The van der Waals surface area contributed by atoms with Gasteiger partial charge in [0.1, 0.15) is 0 Å². The van der Waals surface area contributed by atoms with E-state index in [-0.39, 0.29) is 12.1 Å². The van der Waals surface area contributed by atoms with E-state index in [0.29, 0.717) is 13.1 Å². The first-order chi connectivity index (χ1) is 12.2. The van der Waals surface area contributed by atoms with Gasteiger partial charge in [0.2, 0.25) is 0 Å². The van der Waals surface area contributed by atoms with Gasteiger partial charge in [0, 0.05) is 13.1 Å². The molecule has 0 aliphatic rings. The molecule has 0 spiro atoms. The maximum absolute atomic E-state index is 12.1. The van der Waals surface area contributed by atoms with E-state index in [4.69, 9.17) is 0 Å². The van der Waals surface area contributed by atoms with Crippen molar-refractivity contribution in [1.82, 2.24) is 15.5 Å². The molecule has 0 aliphatic carbocycles. The lowest BCUT2D eigenvalue weighted by atomic mass is 10.1. The van der Waals surface area contributed by atoms with Crippen molar-refractivity contribution in [3.05, 3.63) is 58.3 Å². The number of hydrogen-bond donors (Lipinski definition) is 2. The summed E-state index contributed by atoms with van der Waals surface area (Å²) in [7, 11) is 0. The van der Waals surface area contributed by atoms with Crippen LogP contribution in [0.1, 0.15) is 37.4 Å². The monoisotopic (exact) mass is 359 g/mol. The van der Waals surface area contributed by atoms with Gasteiger partial charge in [0.25, 0.3) is 0 Å². The summed E-state index contributed by atoms with van der Waals surface area (Å²) >= 11 is 1.70. The number of carbonyl (C=O) groups is 1. The Labute approximate surface area is 155 Å². The van der Waals surface area contributed by atoms with Gasteiger partial charge < -0.3 is 10.6 Å². The molecule has 1 atom stereocenters. The van der Waals surface area contributed by atoms with E-state index in [1.54, 1.807) is 11.3 Å². The molecule has 25 heavy (non-hydrogen) atoms. The highest BCUT2D eigenvalue weighted by Crippen LogP contribution is 2.22. The largest absolute Gasteiger partial charge is 0.338 e. The number of urea groups is 1. The summed E-state index contributed by atoms with van der Waals surface area (Å²) in [5.41, 5.74) is 2.59. The van der Waals surface area contributed by atoms with Crippen molar-refractivity contribution in [3.8, 4) is 0 Å². The number of carbonyl (C=O) groups excluding carboxylic acids is 1. The van der Waals surface area contributed by atoms with E-state index in [1.165, 1.54) is 11.1 Å². The van der Waals surface area contributed by atoms with E-state index in [2.05, 4.69) is 58.3 Å². The predicted octanol–water partition coefficient (Wildman–Crippen LogP) is 4.06. The first kappa shape index (κ1) is 19.5. The number of hydrogen-bond acceptors (Lipinski definition) is 3. The summed E-state index contributed by atoms with van der Waals surface area (Å²) in [4.78, 5) is 14.5. The number of nitrogens with one attached hydrogen (secondary N) is 2. The van der Waals surface area contributed by atoms with E-state index >= 15 is 0 Å². The van der Waals surface area contributed by atoms with Crippen LogP contribution in [0.2, 0.25) is 0 Å². The zero-order valence-corrected chi connectivity index (χ0v) is 16.0. The lowest BCUT2D eigenvalue weighted by Crippen LogP contribution is -2.42. The van der Waals surface area contributed by atoms with Gasteiger partial charge >= 0.3 is 6.03 Å². The molecule has 2 N–H and O–H groups in total. The smallest absolute Gasteiger partial charge is 0.314 e. The number of benzene rings is 1. The van der Waals surface area contributed by atoms with Crippen LogP contribution in [0.15, 0.2) is 47.2 Å². The van der Waals surface area contributed by atoms with E-state index < -0.39 is 0 Å². The second-order valence-electron chi connectivity index (χ2n) is 6.02. The van der Waals surface area contributed by atoms with Crippen LogP contribution in [0.25, 0.3) is 0 Å². The Morgan fingerprint density at radius 2 is 1.88 bits per heavy atom. The zero-order chi connectivity index (χ0) is 17.9. The standard InChI is InChI=1S/C20H29N3OS/c1-3-23(4-2)19(18-12-14-25-16-18)15-22-20(24)21-13-8-11-17-9-6-5-7-10-17/h5-7,9-10,12,14,16,19H,3-4,8,11,13,15H2,1-2H3,(H2,21,22,24). The fraction of sp³-hybridized carbons (Fsp3) is 0.450. The third kappa shape index (κ3) is 6.52. The molecule has 0 radical (unpaired) electrons. The van der Waals surface area contributed by atoms with Crippen LogP contribution >= 0.6 is 11.3 Å². The molecule has 1 aromatic heterocycles. The molecule has 2 rings (SSSR count). The average Bonchev–Trinajstić information content (AvgIpc) is 3.17. The number of aryl methyl sites for hydroxylation is 1. The molecule has 4 nitrogen and oxygen atoms in total. The molecule has 0 aliphatic heterocycles. The number of rotatable bonds is 10. The minimum Gasteiger partial charge on any atom is -0.338 e. The maximum atomic E-state index is 12.1. The van der Waals surface area contributed by atoms with Crippen LogP contribution in [0.5, 0.6) is 0 Å². The summed E-state index contributed by atoms with van der Waals surface area (Å²) in [5, 5.41) is 10.3. The van der Waals surface area contributed by atoms with Crippen LogP contribution < -0.4 is 10.6 Å². The molecule has 0 saturated heterocycles. The third-order valence-corrected chi connectivity index (χ3v) is 5.11. The van der Waals surface area contributed by atoms with E-state index in [9.17, 15) is 4.79 Å². The van der Waals surface area contributed by atoms with Crippen molar-refractivity contribution in [2.75, 3.05) is 26.2 Å². The second kappa shape index (κ2) is 10.9. The molecule has 2 amide bonds. The summed E-state index contributed by atoms with van der Waals surface area (Å²) in [5.74, 6) is 0. The van der Waals surface area contributed by atoms with Crippen LogP contribution in [0, 0.1) is 0 Å². The molecule has 0 saturated carbocycles. The Bertz CT molecular complexity index is 597. The maximum Gasteiger partial charge on any atom is 0.314 e. The van der Waals surface area contributed by atoms with Gasteiger partial charge in [0.05, 0.1) is 6.04 Å². The molecular formula is C20H29N3OS. The Morgan fingerprint density at radius 3 is 2.52 bits per heavy atom. The lowest BCUT2D eigenvalue weighted by molar-refractivity contribution is 0.206. The fourth-order valence-electron chi connectivity index (χ4n) is 2.98. The van der Waals surface area contributed by atoms with Gasteiger partial charge in [-0.15, -0.1) is 0 Å².